The minimum absolute atomic E-state index is 0.0962. The minimum Gasteiger partial charge on any atom is -0.468 e. The van der Waals surface area contributed by atoms with Crippen LogP contribution in [-0.2, 0) is 9.53 Å². The molecule has 5 heteroatoms. The molecule has 0 aromatic rings. The normalized spacial score (nSPS) is 10.9. The van der Waals surface area contributed by atoms with E-state index in [1.54, 1.807) is 13.8 Å². The van der Waals surface area contributed by atoms with Gasteiger partial charge in [0, 0.05) is 5.54 Å². The second-order valence-corrected chi connectivity index (χ2v) is 3.10. The highest BCUT2D eigenvalue weighted by Crippen LogP contribution is 2.01. The van der Waals surface area contributed by atoms with Crippen LogP contribution < -0.4 is 5.32 Å². The van der Waals surface area contributed by atoms with Crippen LogP contribution in [0.25, 0.3) is 0 Å². The van der Waals surface area contributed by atoms with Crippen LogP contribution in [0.5, 0.6) is 0 Å². The third-order valence-corrected chi connectivity index (χ3v) is 1.40. The third kappa shape index (κ3) is 4.79. The fourth-order valence-electron chi connectivity index (χ4n) is 0.601. The number of nitroso groups, excluding NO2 is 1. The first kappa shape index (κ1) is 11.0. The molecule has 0 saturated heterocycles. The van der Waals surface area contributed by atoms with E-state index in [-0.39, 0.29) is 19.1 Å². The zero-order valence-corrected chi connectivity index (χ0v) is 7.59. The zero-order valence-electron chi connectivity index (χ0n) is 7.59. The standard InChI is InChI=1S/C7H14N2O3/c1-7(2,5-9-11)8-4-6(10)12-3/h8H,4-5H2,1-3H3. The highest BCUT2D eigenvalue weighted by molar-refractivity contribution is 5.71. The number of hydrogen-bond donors (Lipinski definition) is 1. The molecule has 0 fully saturated rings. The lowest BCUT2D eigenvalue weighted by Gasteiger charge is -2.21. The molecule has 0 radical (unpaired) electrons. The van der Waals surface area contributed by atoms with Crippen molar-refractivity contribution in [1.82, 2.24) is 5.32 Å². The van der Waals surface area contributed by atoms with E-state index in [9.17, 15) is 9.70 Å². The van der Waals surface area contributed by atoms with Crippen molar-refractivity contribution in [1.29, 1.82) is 0 Å². The van der Waals surface area contributed by atoms with E-state index < -0.39 is 5.54 Å². The molecule has 0 aliphatic carbocycles. The van der Waals surface area contributed by atoms with Crippen molar-refractivity contribution >= 4 is 5.97 Å². The Morgan fingerprint density at radius 2 is 2.17 bits per heavy atom. The van der Waals surface area contributed by atoms with E-state index in [4.69, 9.17) is 0 Å². The Bertz CT molecular complexity index is 168. The van der Waals surface area contributed by atoms with Crippen molar-refractivity contribution < 1.29 is 9.53 Å². The molecule has 0 saturated carbocycles. The van der Waals surface area contributed by atoms with Crippen LogP contribution in [0.2, 0.25) is 0 Å². The Labute approximate surface area is 71.4 Å². The molecule has 0 rings (SSSR count). The molecule has 0 amide bonds. The van der Waals surface area contributed by atoms with Crippen molar-refractivity contribution in [3.05, 3.63) is 4.91 Å². The average molecular weight is 174 g/mol. The fourth-order valence-corrected chi connectivity index (χ4v) is 0.601. The summed E-state index contributed by atoms with van der Waals surface area (Å²) in [4.78, 5) is 20.6. The van der Waals surface area contributed by atoms with E-state index >= 15 is 0 Å². The predicted molar refractivity (Wildman–Crippen MR) is 44.8 cm³/mol. The number of esters is 1. The molecule has 12 heavy (non-hydrogen) atoms. The number of carbonyl (C=O) groups excluding carboxylic acids is 1. The van der Waals surface area contributed by atoms with E-state index in [1.807, 2.05) is 0 Å². The molecule has 0 bridgehead atoms. The summed E-state index contributed by atoms with van der Waals surface area (Å²) in [5.74, 6) is -0.353. The van der Waals surface area contributed by atoms with Gasteiger partial charge in [0.05, 0.1) is 20.2 Å². The lowest BCUT2D eigenvalue weighted by molar-refractivity contribution is -0.139. The number of hydrogen-bond acceptors (Lipinski definition) is 5. The smallest absolute Gasteiger partial charge is 0.319 e. The van der Waals surface area contributed by atoms with Gasteiger partial charge in [0.2, 0.25) is 0 Å². The second kappa shape index (κ2) is 4.82. The molecule has 0 aromatic carbocycles. The summed E-state index contributed by atoms with van der Waals surface area (Å²) in [7, 11) is 1.31. The van der Waals surface area contributed by atoms with Gasteiger partial charge in [-0.1, -0.05) is 5.18 Å². The highest BCUT2D eigenvalue weighted by atomic mass is 16.5. The SMILES string of the molecule is COC(=O)CNC(C)(C)CN=O. The average Bonchev–Trinajstić information content (AvgIpc) is 2.00. The Morgan fingerprint density at radius 1 is 1.58 bits per heavy atom. The van der Waals surface area contributed by atoms with Crippen LogP contribution in [0.4, 0.5) is 0 Å². The van der Waals surface area contributed by atoms with Gasteiger partial charge in [0.15, 0.2) is 0 Å². The molecular formula is C7H14N2O3. The van der Waals surface area contributed by atoms with Gasteiger partial charge in [-0.2, -0.15) is 4.91 Å². The molecule has 70 valence electrons. The molecule has 0 aliphatic heterocycles. The largest absolute Gasteiger partial charge is 0.468 e. The Kier molecular flexibility index (Phi) is 4.43. The van der Waals surface area contributed by atoms with Gasteiger partial charge >= 0.3 is 5.97 Å². The molecule has 0 atom stereocenters. The summed E-state index contributed by atoms with van der Waals surface area (Å²) in [6.45, 7) is 3.80. The van der Waals surface area contributed by atoms with Crippen molar-refractivity contribution in [3.63, 3.8) is 0 Å². The van der Waals surface area contributed by atoms with Crippen molar-refractivity contribution in [2.45, 2.75) is 19.4 Å². The van der Waals surface area contributed by atoms with Gasteiger partial charge in [-0.05, 0) is 13.8 Å². The van der Waals surface area contributed by atoms with Gasteiger partial charge in [-0.3, -0.25) is 10.1 Å². The summed E-state index contributed by atoms with van der Waals surface area (Å²) < 4.78 is 4.41. The van der Waals surface area contributed by atoms with E-state index in [1.165, 1.54) is 7.11 Å². The molecule has 1 N–H and O–H groups in total. The van der Waals surface area contributed by atoms with Crippen LogP contribution in [0, 0.1) is 4.91 Å². The van der Waals surface area contributed by atoms with Gasteiger partial charge in [-0.25, -0.2) is 0 Å². The van der Waals surface area contributed by atoms with Crippen LogP contribution in [-0.4, -0.2) is 31.7 Å². The molecule has 0 aromatic heterocycles. The maximum absolute atomic E-state index is 10.7. The second-order valence-electron chi connectivity index (χ2n) is 3.10. The van der Waals surface area contributed by atoms with Gasteiger partial charge in [-0.15, -0.1) is 0 Å². The zero-order chi connectivity index (χ0) is 9.61. The number of carbonyl (C=O) groups is 1. The lowest BCUT2D eigenvalue weighted by Crippen LogP contribution is -2.44. The Hall–Kier alpha value is -0.970. The van der Waals surface area contributed by atoms with Crippen molar-refractivity contribution in [2.75, 3.05) is 20.2 Å². The van der Waals surface area contributed by atoms with Crippen LogP contribution in [0.1, 0.15) is 13.8 Å². The first-order valence-corrected chi connectivity index (χ1v) is 3.63. The first-order chi connectivity index (χ1) is 5.52. The van der Waals surface area contributed by atoms with Crippen LogP contribution >= 0.6 is 0 Å². The number of rotatable bonds is 5. The molecular weight excluding hydrogens is 160 g/mol. The van der Waals surface area contributed by atoms with E-state index in [0.29, 0.717) is 0 Å². The number of nitrogens with zero attached hydrogens (tertiary/aromatic N) is 1. The number of nitrogens with one attached hydrogen (secondary N) is 1. The molecule has 5 nitrogen and oxygen atoms in total. The summed E-state index contributed by atoms with van der Waals surface area (Å²) in [6, 6.07) is 0. The van der Waals surface area contributed by atoms with Crippen LogP contribution in [0.15, 0.2) is 5.18 Å². The lowest BCUT2D eigenvalue weighted by atomic mass is 10.1. The number of ether oxygens (including phenoxy) is 1. The summed E-state index contributed by atoms with van der Waals surface area (Å²) in [5.41, 5.74) is -0.448. The third-order valence-electron chi connectivity index (χ3n) is 1.40. The van der Waals surface area contributed by atoms with Crippen molar-refractivity contribution in [2.24, 2.45) is 5.18 Å². The van der Waals surface area contributed by atoms with Gasteiger partial charge in [0.1, 0.15) is 0 Å². The molecule has 0 spiro atoms. The van der Waals surface area contributed by atoms with Gasteiger partial charge in [0.25, 0.3) is 0 Å². The van der Waals surface area contributed by atoms with E-state index in [2.05, 4.69) is 15.2 Å². The summed E-state index contributed by atoms with van der Waals surface area (Å²) in [6.07, 6.45) is 0. The molecule has 0 unspecified atom stereocenters. The minimum atomic E-state index is -0.448. The highest BCUT2D eigenvalue weighted by Gasteiger charge is 2.18. The summed E-state index contributed by atoms with van der Waals surface area (Å²) in [5, 5.41) is 5.59. The topological polar surface area (TPSA) is 67.8 Å². The van der Waals surface area contributed by atoms with E-state index in [0.717, 1.165) is 0 Å². The maximum atomic E-state index is 10.7. The quantitative estimate of drug-likeness (QED) is 0.480. The first-order valence-electron chi connectivity index (χ1n) is 3.63. The summed E-state index contributed by atoms with van der Waals surface area (Å²) >= 11 is 0. The van der Waals surface area contributed by atoms with Crippen molar-refractivity contribution in [3.8, 4) is 0 Å². The van der Waals surface area contributed by atoms with Crippen LogP contribution in [0.3, 0.4) is 0 Å². The number of methoxy groups -OCH3 is 1. The molecule has 0 heterocycles. The fraction of sp³-hybridized carbons (Fsp3) is 0.857. The van der Waals surface area contributed by atoms with Gasteiger partial charge < -0.3 is 4.74 Å². The Balaban J connectivity index is 3.74. The monoisotopic (exact) mass is 174 g/mol. The predicted octanol–water partition coefficient (Wildman–Crippen LogP) is 0.294. The molecule has 0 aliphatic rings. The Morgan fingerprint density at radius 3 is 2.58 bits per heavy atom. The maximum Gasteiger partial charge on any atom is 0.319 e.